The summed E-state index contributed by atoms with van der Waals surface area (Å²) in [6.45, 7) is 1.89. The number of benzene rings is 1. The quantitative estimate of drug-likeness (QED) is 0.700. The minimum absolute atomic E-state index is 0.210. The van der Waals surface area contributed by atoms with Crippen molar-refractivity contribution in [1.29, 1.82) is 5.26 Å². The lowest BCUT2D eigenvalue weighted by atomic mass is 10.1. The molecule has 1 rings (SSSR count). The molecule has 0 radical (unpaired) electrons. The van der Waals surface area contributed by atoms with E-state index in [1.165, 1.54) is 0 Å². The molecule has 0 atom stereocenters. The van der Waals surface area contributed by atoms with E-state index in [2.05, 4.69) is 11.8 Å². The molecule has 0 aliphatic heterocycles. The van der Waals surface area contributed by atoms with Crippen LogP contribution in [0.2, 0.25) is 0 Å². The van der Waals surface area contributed by atoms with Crippen LogP contribution >= 0.6 is 0 Å². The van der Waals surface area contributed by atoms with Gasteiger partial charge in [0.2, 0.25) is 0 Å². The van der Waals surface area contributed by atoms with Gasteiger partial charge in [0, 0.05) is 5.56 Å². The highest BCUT2D eigenvalue weighted by molar-refractivity contribution is 5.70. The number of hydrogen-bond acceptors (Lipinski definition) is 2. The van der Waals surface area contributed by atoms with E-state index in [1.807, 2.05) is 19.1 Å². The van der Waals surface area contributed by atoms with Gasteiger partial charge >= 0.3 is 5.97 Å². The first-order chi connectivity index (χ1) is 7.13. The Balaban J connectivity index is 3.01. The van der Waals surface area contributed by atoms with E-state index in [1.54, 1.807) is 12.1 Å². The summed E-state index contributed by atoms with van der Waals surface area (Å²) in [6, 6.07) is 7.28. The highest BCUT2D eigenvalue weighted by atomic mass is 16.4. The van der Waals surface area contributed by atoms with Gasteiger partial charge in [-0.05, 0) is 24.6 Å². The second kappa shape index (κ2) is 4.83. The van der Waals surface area contributed by atoms with Crippen molar-refractivity contribution in [3.63, 3.8) is 0 Å². The number of nitrogens with zero attached hydrogens (tertiary/aromatic N) is 1. The molecule has 0 unspecified atom stereocenters. The van der Waals surface area contributed by atoms with Crippen LogP contribution in [-0.4, -0.2) is 11.1 Å². The fourth-order valence-corrected chi connectivity index (χ4v) is 1.07. The first-order valence-electron chi connectivity index (χ1n) is 4.35. The van der Waals surface area contributed by atoms with Crippen LogP contribution < -0.4 is 0 Å². The molecule has 1 N–H and O–H groups in total. The van der Waals surface area contributed by atoms with Gasteiger partial charge in [-0.2, -0.15) is 5.26 Å². The van der Waals surface area contributed by atoms with Gasteiger partial charge < -0.3 is 5.11 Å². The molecule has 3 nitrogen and oxygen atoms in total. The zero-order valence-corrected chi connectivity index (χ0v) is 8.24. The van der Waals surface area contributed by atoms with Crippen molar-refractivity contribution in [1.82, 2.24) is 0 Å². The van der Waals surface area contributed by atoms with Crippen LogP contribution in [0.3, 0.4) is 0 Å². The van der Waals surface area contributed by atoms with Gasteiger partial charge in [0.05, 0.1) is 5.56 Å². The predicted octanol–water partition coefficient (Wildman–Crippen LogP) is 1.69. The first-order valence-corrected chi connectivity index (χ1v) is 4.35. The third kappa shape index (κ3) is 3.17. The van der Waals surface area contributed by atoms with E-state index in [0.29, 0.717) is 11.1 Å². The lowest BCUT2D eigenvalue weighted by molar-refractivity contribution is -0.135. The summed E-state index contributed by atoms with van der Waals surface area (Å²) in [6.07, 6.45) is -0.210. The summed E-state index contributed by atoms with van der Waals surface area (Å²) in [5.41, 5.74) is 2.05. The minimum Gasteiger partial charge on any atom is -0.481 e. The van der Waals surface area contributed by atoms with Crippen molar-refractivity contribution in [3.8, 4) is 17.9 Å². The number of aryl methyl sites for hydroxylation is 1. The number of carboxylic acid groups (broad SMARTS) is 1. The fraction of sp³-hybridized carbons (Fsp3) is 0.167. The van der Waals surface area contributed by atoms with E-state index in [9.17, 15) is 4.79 Å². The van der Waals surface area contributed by atoms with Crippen LogP contribution in [0.5, 0.6) is 0 Å². The number of carboxylic acids is 1. The van der Waals surface area contributed by atoms with E-state index < -0.39 is 5.97 Å². The van der Waals surface area contributed by atoms with Gasteiger partial charge in [0.15, 0.2) is 0 Å². The van der Waals surface area contributed by atoms with Gasteiger partial charge in [-0.1, -0.05) is 17.9 Å². The van der Waals surface area contributed by atoms with Crippen molar-refractivity contribution >= 4 is 5.97 Å². The average molecular weight is 199 g/mol. The lowest BCUT2D eigenvalue weighted by Gasteiger charge is -1.96. The van der Waals surface area contributed by atoms with E-state index in [0.717, 1.165) is 5.56 Å². The third-order valence-corrected chi connectivity index (χ3v) is 1.76. The summed E-state index contributed by atoms with van der Waals surface area (Å²) >= 11 is 0. The molecule has 0 aliphatic carbocycles. The van der Waals surface area contributed by atoms with Crippen LogP contribution in [0.4, 0.5) is 0 Å². The van der Waals surface area contributed by atoms with Crippen LogP contribution in [-0.2, 0) is 4.79 Å². The average Bonchev–Trinajstić information content (AvgIpc) is 2.17. The summed E-state index contributed by atoms with van der Waals surface area (Å²) in [5, 5.41) is 17.2. The summed E-state index contributed by atoms with van der Waals surface area (Å²) in [4.78, 5) is 10.2. The van der Waals surface area contributed by atoms with Crippen LogP contribution in [0, 0.1) is 30.1 Å². The normalized spacial score (nSPS) is 8.53. The highest BCUT2D eigenvalue weighted by Gasteiger charge is 1.98. The zero-order chi connectivity index (χ0) is 11.3. The Kier molecular flexibility index (Phi) is 3.49. The smallest absolute Gasteiger partial charge is 0.315 e. The maximum atomic E-state index is 10.2. The second-order valence-corrected chi connectivity index (χ2v) is 3.03. The highest BCUT2D eigenvalue weighted by Crippen LogP contribution is 2.09. The molecule has 0 heterocycles. The van der Waals surface area contributed by atoms with Crippen molar-refractivity contribution in [2.75, 3.05) is 0 Å². The molecule has 74 valence electrons. The Hall–Kier alpha value is -2.26. The molecule has 0 spiro atoms. The van der Waals surface area contributed by atoms with E-state index in [4.69, 9.17) is 10.4 Å². The standard InChI is InChI=1S/C12H9NO2/c1-9-5-6-11(8-13)10(7-9)3-2-4-12(14)15/h5-7H,4H2,1H3,(H,14,15). The number of aliphatic carboxylic acids is 1. The number of rotatable bonds is 1. The minimum atomic E-state index is -0.964. The zero-order valence-electron chi connectivity index (χ0n) is 8.24. The monoisotopic (exact) mass is 199 g/mol. The SMILES string of the molecule is Cc1ccc(C#N)c(C#CCC(=O)O)c1. The molecule has 0 bridgehead atoms. The lowest BCUT2D eigenvalue weighted by Crippen LogP contribution is -1.91. The third-order valence-electron chi connectivity index (χ3n) is 1.76. The van der Waals surface area contributed by atoms with Crippen molar-refractivity contribution in [2.24, 2.45) is 0 Å². The topological polar surface area (TPSA) is 61.1 Å². The van der Waals surface area contributed by atoms with Gasteiger partial charge in [-0.15, -0.1) is 0 Å². The van der Waals surface area contributed by atoms with Crippen molar-refractivity contribution in [3.05, 3.63) is 34.9 Å². The van der Waals surface area contributed by atoms with Crippen LogP contribution in [0.15, 0.2) is 18.2 Å². The Labute approximate surface area is 88.0 Å². The molecule has 0 fully saturated rings. The van der Waals surface area contributed by atoms with Gasteiger partial charge in [-0.25, -0.2) is 0 Å². The molecule has 1 aromatic carbocycles. The largest absolute Gasteiger partial charge is 0.481 e. The van der Waals surface area contributed by atoms with E-state index >= 15 is 0 Å². The summed E-state index contributed by atoms with van der Waals surface area (Å²) in [5.74, 6) is 4.22. The molecular weight excluding hydrogens is 190 g/mol. The number of hydrogen-bond donors (Lipinski definition) is 1. The van der Waals surface area contributed by atoms with Gasteiger partial charge in [0.25, 0.3) is 0 Å². The number of carbonyl (C=O) groups is 1. The molecular formula is C12H9NO2. The van der Waals surface area contributed by atoms with Gasteiger partial charge in [0.1, 0.15) is 12.5 Å². The molecule has 0 aliphatic rings. The molecule has 1 aromatic rings. The van der Waals surface area contributed by atoms with Crippen molar-refractivity contribution < 1.29 is 9.90 Å². The van der Waals surface area contributed by atoms with Crippen LogP contribution in [0.1, 0.15) is 23.1 Å². The van der Waals surface area contributed by atoms with Gasteiger partial charge in [-0.3, -0.25) is 4.79 Å². The summed E-state index contributed by atoms with van der Waals surface area (Å²) in [7, 11) is 0. The molecule has 0 amide bonds. The second-order valence-electron chi connectivity index (χ2n) is 3.03. The maximum absolute atomic E-state index is 10.2. The van der Waals surface area contributed by atoms with E-state index in [-0.39, 0.29) is 6.42 Å². The Bertz CT molecular complexity index is 487. The number of nitriles is 1. The molecule has 3 heteroatoms. The van der Waals surface area contributed by atoms with Crippen LogP contribution in [0.25, 0.3) is 0 Å². The Morgan fingerprint density at radius 2 is 2.20 bits per heavy atom. The molecule has 15 heavy (non-hydrogen) atoms. The maximum Gasteiger partial charge on any atom is 0.315 e. The Morgan fingerprint density at radius 1 is 1.47 bits per heavy atom. The first kappa shape index (κ1) is 10.8. The Morgan fingerprint density at radius 3 is 2.80 bits per heavy atom. The molecule has 0 saturated heterocycles. The van der Waals surface area contributed by atoms with Crippen molar-refractivity contribution in [2.45, 2.75) is 13.3 Å². The predicted molar refractivity (Wildman–Crippen MR) is 55.0 cm³/mol. The summed E-state index contributed by atoms with van der Waals surface area (Å²) < 4.78 is 0. The fourth-order valence-electron chi connectivity index (χ4n) is 1.07. The molecule has 0 saturated carbocycles. The molecule has 0 aromatic heterocycles.